The summed E-state index contributed by atoms with van der Waals surface area (Å²) < 4.78 is 0. The van der Waals surface area contributed by atoms with E-state index in [1.54, 1.807) is 0 Å². The average molecular weight is 209 g/mol. The number of rotatable bonds is 5. The van der Waals surface area contributed by atoms with Crippen molar-refractivity contribution in [2.45, 2.75) is 32.7 Å². The van der Waals surface area contributed by atoms with E-state index in [0.717, 1.165) is 11.8 Å². The van der Waals surface area contributed by atoms with Crippen molar-refractivity contribution in [3.8, 4) is 0 Å². The minimum absolute atomic E-state index is 0.524. The van der Waals surface area contributed by atoms with E-state index in [1.165, 1.54) is 24.3 Å². The smallest absolute Gasteiger partial charge is 0.0386 e. The van der Waals surface area contributed by atoms with E-state index in [2.05, 4.69) is 36.7 Å². The number of thiophene rings is 1. The Morgan fingerprint density at radius 1 is 1.50 bits per heavy atom. The van der Waals surface area contributed by atoms with Gasteiger partial charge in [-0.25, -0.2) is 0 Å². The van der Waals surface area contributed by atoms with E-state index in [1.807, 2.05) is 11.3 Å². The van der Waals surface area contributed by atoms with Gasteiger partial charge in [0.15, 0.2) is 0 Å². The third kappa shape index (κ3) is 2.58. The summed E-state index contributed by atoms with van der Waals surface area (Å²) in [6.07, 6.45) is 2.91. The van der Waals surface area contributed by atoms with Crippen LogP contribution in [0.25, 0.3) is 0 Å². The fraction of sp³-hybridized carbons (Fsp3) is 0.667. The summed E-state index contributed by atoms with van der Waals surface area (Å²) in [4.78, 5) is 1.45. The molecule has 1 aliphatic carbocycles. The molecule has 1 nitrogen and oxygen atoms in total. The van der Waals surface area contributed by atoms with Crippen LogP contribution in [0.15, 0.2) is 17.5 Å². The maximum absolute atomic E-state index is 3.62. The fourth-order valence-electron chi connectivity index (χ4n) is 1.83. The first-order valence-corrected chi connectivity index (χ1v) is 6.42. The van der Waals surface area contributed by atoms with Crippen LogP contribution in [0.3, 0.4) is 0 Å². The molecule has 2 rings (SSSR count). The molecule has 1 fully saturated rings. The standard InChI is InChI=1S/C12H19NS/c1-9(11-5-6-11)8-13-10(2)12-4-3-7-14-12/h3-4,7,9-11,13H,5-6,8H2,1-2H3. The summed E-state index contributed by atoms with van der Waals surface area (Å²) in [5, 5.41) is 5.77. The molecule has 2 unspecified atom stereocenters. The fourth-order valence-corrected chi connectivity index (χ4v) is 2.59. The van der Waals surface area contributed by atoms with Gasteiger partial charge in [-0.3, -0.25) is 0 Å². The largest absolute Gasteiger partial charge is 0.309 e. The summed E-state index contributed by atoms with van der Waals surface area (Å²) in [7, 11) is 0. The van der Waals surface area contributed by atoms with E-state index < -0.39 is 0 Å². The van der Waals surface area contributed by atoms with Gasteiger partial charge in [0.05, 0.1) is 0 Å². The lowest BCUT2D eigenvalue weighted by Crippen LogP contribution is -2.24. The van der Waals surface area contributed by atoms with Gasteiger partial charge in [-0.15, -0.1) is 11.3 Å². The van der Waals surface area contributed by atoms with Gasteiger partial charge in [0.1, 0.15) is 0 Å². The van der Waals surface area contributed by atoms with E-state index in [9.17, 15) is 0 Å². The maximum atomic E-state index is 3.62. The molecule has 0 bridgehead atoms. The Kier molecular flexibility index (Phi) is 3.24. The van der Waals surface area contributed by atoms with Gasteiger partial charge in [0.2, 0.25) is 0 Å². The summed E-state index contributed by atoms with van der Waals surface area (Å²) in [6.45, 7) is 5.79. The highest BCUT2D eigenvalue weighted by atomic mass is 32.1. The minimum atomic E-state index is 0.524. The lowest BCUT2D eigenvalue weighted by molar-refractivity contribution is 0.434. The first kappa shape index (κ1) is 10.2. The maximum Gasteiger partial charge on any atom is 0.0386 e. The van der Waals surface area contributed by atoms with Crippen molar-refractivity contribution in [3.05, 3.63) is 22.4 Å². The van der Waals surface area contributed by atoms with Crippen molar-refractivity contribution < 1.29 is 0 Å². The molecule has 1 aromatic heterocycles. The Morgan fingerprint density at radius 3 is 2.86 bits per heavy atom. The second-order valence-electron chi connectivity index (χ2n) is 4.46. The molecular weight excluding hydrogens is 190 g/mol. The van der Waals surface area contributed by atoms with Gasteiger partial charge < -0.3 is 5.32 Å². The van der Waals surface area contributed by atoms with Crippen LogP contribution in [0.2, 0.25) is 0 Å². The molecule has 1 aliphatic rings. The van der Waals surface area contributed by atoms with Crippen LogP contribution >= 0.6 is 11.3 Å². The molecule has 78 valence electrons. The summed E-state index contributed by atoms with van der Waals surface area (Å²) in [6, 6.07) is 4.86. The van der Waals surface area contributed by atoms with E-state index in [4.69, 9.17) is 0 Å². The Labute approximate surface area is 90.5 Å². The molecule has 1 saturated carbocycles. The molecule has 0 radical (unpaired) electrons. The van der Waals surface area contributed by atoms with Gasteiger partial charge in [0.25, 0.3) is 0 Å². The Bertz CT molecular complexity index is 264. The van der Waals surface area contributed by atoms with Crippen molar-refractivity contribution >= 4 is 11.3 Å². The van der Waals surface area contributed by atoms with Crippen molar-refractivity contribution in [1.29, 1.82) is 0 Å². The minimum Gasteiger partial charge on any atom is -0.309 e. The topological polar surface area (TPSA) is 12.0 Å². The van der Waals surface area contributed by atoms with Gasteiger partial charge in [-0.05, 0) is 49.6 Å². The number of nitrogens with one attached hydrogen (secondary N) is 1. The first-order valence-electron chi connectivity index (χ1n) is 5.54. The monoisotopic (exact) mass is 209 g/mol. The van der Waals surface area contributed by atoms with Gasteiger partial charge >= 0.3 is 0 Å². The average Bonchev–Trinajstić information content (AvgIpc) is 2.90. The molecule has 0 amide bonds. The Balaban J connectivity index is 1.74. The van der Waals surface area contributed by atoms with E-state index >= 15 is 0 Å². The third-order valence-electron chi connectivity index (χ3n) is 3.14. The highest BCUT2D eigenvalue weighted by Crippen LogP contribution is 2.36. The van der Waals surface area contributed by atoms with Crippen LogP contribution in [0, 0.1) is 11.8 Å². The summed E-state index contributed by atoms with van der Waals surface area (Å²) in [5.41, 5.74) is 0. The molecule has 0 saturated heterocycles. The zero-order valence-electron chi connectivity index (χ0n) is 8.99. The second kappa shape index (κ2) is 4.45. The predicted octanol–water partition coefficient (Wildman–Crippen LogP) is 3.44. The SMILES string of the molecule is CC(NCC(C)C1CC1)c1cccs1. The molecule has 1 aromatic rings. The number of hydrogen-bond donors (Lipinski definition) is 1. The normalized spacial score (nSPS) is 20.7. The highest BCUT2D eigenvalue weighted by Gasteiger charge is 2.27. The Hall–Kier alpha value is -0.340. The summed E-state index contributed by atoms with van der Waals surface area (Å²) in [5.74, 6) is 1.87. The van der Waals surface area contributed by atoms with Crippen LogP contribution in [0.5, 0.6) is 0 Å². The van der Waals surface area contributed by atoms with Crippen LogP contribution in [0.4, 0.5) is 0 Å². The number of hydrogen-bond acceptors (Lipinski definition) is 2. The molecule has 2 atom stereocenters. The summed E-state index contributed by atoms with van der Waals surface area (Å²) >= 11 is 1.84. The lowest BCUT2D eigenvalue weighted by atomic mass is 10.1. The molecule has 0 aliphatic heterocycles. The van der Waals surface area contributed by atoms with Crippen molar-refractivity contribution in [1.82, 2.24) is 5.32 Å². The lowest BCUT2D eigenvalue weighted by Gasteiger charge is -2.16. The quantitative estimate of drug-likeness (QED) is 0.783. The van der Waals surface area contributed by atoms with E-state index in [-0.39, 0.29) is 0 Å². The van der Waals surface area contributed by atoms with Gasteiger partial charge in [-0.2, -0.15) is 0 Å². The molecule has 14 heavy (non-hydrogen) atoms. The van der Waals surface area contributed by atoms with E-state index in [0.29, 0.717) is 6.04 Å². The molecular formula is C12H19NS. The molecule has 2 heteroatoms. The third-order valence-corrected chi connectivity index (χ3v) is 4.20. The van der Waals surface area contributed by atoms with Crippen molar-refractivity contribution in [2.75, 3.05) is 6.54 Å². The van der Waals surface area contributed by atoms with Crippen molar-refractivity contribution in [3.63, 3.8) is 0 Å². The van der Waals surface area contributed by atoms with Crippen LogP contribution < -0.4 is 5.32 Å². The molecule has 0 spiro atoms. The van der Waals surface area contributed by atoms with Gasteiger partial charge in [-0.1, -0.05) is 13.0 Å². The molecule has 1 heterocycles. The van der Waals surface area contributed by atoms with Crippen molar-refractivity contribution in [2.24, 2.45) is 11.8 Å². The van der Waals surface area contributed by atoms with Crippen LogP contribution in [-0.2, 0) is 0 Å². The van der Waals surface area contributed by atoms with Gasteiger partial charge in [0, 0.05) is 10.9 Å². The molecule has 1 N–H and O–H groups in total. The zero-order valence-corrected chi connectivity index (χ0v) is 9.81. The Morgan fingerprint density at radius 2 is 2.29 bits per heavy atom. The molecule has 0 aromatic carbocycles. The first-order chi connectivity index (χ1) is 6.77. The predicted molar refractivity (Wildman–Crippen MR) is 62.6 cm³/mol. The second-order valence-corrected chi connectivity index (χ2v) is 5.44. The van der Waals surface area contributed by atoms with Crippen LogP contribution in [-0.4, -0.2) is 6.54 Å². The highest BCUT2D eigenvalue weighted by molar-refractivity contribution is 7.10. The zero-order chi connectivity index (χ0) is 9.97. The van der Waals surface area contributed by atoms with Crippen LogP contribution in [0.1, 0.15) is 37.6 Å².